The third kappa shape index (κ3) is 2.49. The van der Waals surface area contributed by atoms with E-state index < -0.39 is 5.92 Å². The zero-order valence-electron chi connectivity index (χ0n) is 11.0. The monoisotopic (exact) mass is 273 g/mol. The zero-order chi connectivity index (χ0) is 13.6. The van der Waals surface area contributed by atoms with Crippen LogP contribution in [0.4, 0.5) is 8.78 Å². The summed E-state index contributed by atoms with van der Waals surface area (Å²) in [5.41, 5.74) is 0. The Hall–Kier alpha value is -0.710. The molecule has 2 atom stereocenters. The van der Waals surface area contributed by atoms with E-state index in [1.54, 1.807) is 0 Å². The minimum absolute atomic E-state index is 0.0647. The molecule has 3 rings (SSSR count). The Labute approximate surface area is 112 Å². The van der Waals surface area contributed by atoms with E-state index >= 15 is 0 Å². The first-order valence-electron chi connectivity index (χ1n) is 7.34. The fourth-order valence-electron chi connectivity index (χ4n) is 4.01. The van der Waals surface area contributed by atoms with E-state index in [9.17, 15) is 18.7 Å². The van der Waals surface area contributed by atoms with Gasteiger partial charge in [0.2, 0.25) is 11.8 Å². The summed E-state index contributed by atoms with van der Waals surface area (Å²) in [4.78, 5) is 14.4. The number of hydrogen-bond donors (Lipinski definition) is 1. The van der Waals surface area contributed by atoms with Crippen molar-refractivity contribution in [1.82, 2.24) is 4.90 Å². The van der Waals surface area contributed by atoms with Gasteiger partial charge in [-0.2, -0.15) is 0 Å². The number of nitrogens with zero attached hydrogens (tertiary/aromatic N) is 1. The Bertz CT molecular complexity index is 350. The zero-order valence-corrected chi connectivity index (χ0v) is 11.0. The van der Waals surface area contributed by atoms with Crippen molar-refractivity contribution in [3.05, 3.63) is 0 Å². The van der Waals surface area contributed by atoms with E-state index in [4.69, 9.17) is 0 Å². The van der Waals surface area contributed by atoms with Crippen LogP contribution in [0.25, 0.3) is 0 Å². The molecule has 2 heterocycles. The molecule has 2 aliphatic heterocycles. The van der Waals surface area contributed by atoms with Gasteiger partial charge in [-0.25, -0.2) is 8.78 Å². The van der Waals surface area contributed by atoms with Crippen LogP contribution in [0.1, 0.15) is 51.4 Å². The number of aliphatic hydroxyl groups is 1. The van der Waals surface area contributed by atoms with Crippen molar-refractivity contribution >= 4 is 5.91 Å². The van der Waals surface area contributed by atoms with Crippen molar-refractivity contribution in [3.8, 4) is 0 Å². The summed E-state index contributed by atoms with van der Waals surface area (Å²) in [5, 5.41) is 9.73. The predicted octanol–water partition coefficient (Wildman–Crippen LogP) is 2.33. The number of alkyl halides is 2. The average molecular weight is 273 g/mol. The van der Waals surface area contributed by atoms with Gasteiger partial charge >= 0.3 is 0 Å². The summed E-state index contributed by atoms with van der Waals surface area (Å²) >= 11 is 0. The third-order valence-electron chi connectivity index (χ3n) is 5.03. The van der Waals surface area contributed by atoms with Crippen LogP contribution in [0.3, 0.4) is 0 Å². The highest BCUT2D eigenvalue weighted by atomic mass is 19.3. The lowest BCUT2D eigenvalue weighted by molar-refractivity contribution is -0.145. The maximum atomic E-state index is 13.1. The van der Waals surface area contributed by atoms with Crippen molar-refractivity contribution in [2.45, 2.75) is 75.5 Å². The summed E-state index contributed by atoms with van der Waals surface area (Å²) in [5.74, 6) is -2.73. The molecule has 3 nitrogen and oxygen atoms in total. The molecule has 0 aromatic heterocycles. The first kappa shape index (κ1) is 13.3. The van der Waals surface area contributed by atoms with Crippen molar-refractivity contribution in [2.24, 2.45) is 5.92 Å². The van der Waals surface area contributed by atoms with Crippen molar-refractivity contribution in [3.63, 3.8) is 0 Å². The van der Waals surface area contributed by atoms with Crippen molar-refractivity contribution in [2.75, 3.05) is 0 Å². The second-order valence-corrected chi connectivity index (χ2v) is 6.39. The maximum Gasteiger partial charge on any atom is 0.248 e. The van der Waals surface area contributed by atoms with Gasteiger partial charge in [0.25, 0.3) is 0 Å². The largest absolute Gasteiger partial charge is 0.393 e. The number of piperidine rings is 1. The van der Waals surface area contributed by atoms with Gasteiger partial charge in [-0.1, -0.05) is 0 Å². The van der Waals surface area contributed by atoms with Crippen LogP contribution in [-0.2, 0) is 4.79 Å². The second kappa shape index (κ2) is 4.69. The number of aliphatic hydroxyl groups excluding tert-OH is 1. The molecule has 19 heavy (non-hydrogen) atoms. The molecule has 3 aliphatic rings. The molecule has 1 saturated carbocycles. The van der Waals surface area contributed by atoms with Crippen molar-refractivity contribution < 1.29 is 18.7 Å². The topological polar surface area (TPSA) is 40.5 Å². The predicted molar refractivity (Wildman–Crippen MR) is 65.8 cm³/mol. The summed E-state index contributed by atoms with van der Waals surface area (Å²) in [6.45, 7) is 0. The number of carbonyl (C=O) groups excluding carboxylic acids is 1. The van der Waals surface area contributed by atoms with Crippen LogP contribution in [0.2, 0.25) is 0 Å². The van der Waals surface area contributed by atoms with E-state index in [0.29, 0.717) is 25.7 Å². The molecular weight excluding hydrogens is 252 g/mol. The molecule has 0 aromatic rings. The Morgan fingerprint density at radius 1 is 1.05 bits per heavy atom. The molecule has 2 saturated heterocycles. The van der Waals surface area contributed by atoms with Gasteiger partial charge in [0.15, 0.2) is 0 Å². The molecular formula is C14H21F2NO2. The molecule has 1 aliphatic carbocycles. The van der Waals surface area contributed by atoms with Gasteiger partial charge in [-0.05, 0) is 38.5 Å². The molecule has 2 bridgehead atoms. The Morgan fingerprint density at radius 2 is 1.58 bits per heavy atom. The van der Waals surface area contributed by atoms with Gasteiger partial charge in [0, 0.05) is 30.8 Å². The first-order valence-corrected chi connectivity index (χ1v) is 7.34. The maximum absolute atomic E-state index is 13.1. The van der Waals surface area contributed by atoms with Crippen molar-refractivity contribution in [1.29, 1.82) is 0 Å². The number of hydrogen-bond acceptors (Lipinski definition) is 2. The molecule has 1 N–H and O–H groups in total. The van der Waals surface area contributed by atoms with E-state index in [0.717, 1.165) is 12.8 Å². The number of carbonyl (C=O) groups is 1. The van der Waals surface area contributed by atoms with Gasteiger partial charge in [0.1, 0.15) is 0 Å². The average Bonchev–Trinajstić information content (AvgIpc) is 2.61. The molecule has 2 unspecified atom stereocenters. The normalized spacial score (nSPS) is 38.5. The number of halogens is 2. The van der Waals surface area contributed by atoms with Crippen LogP contribution in [0, 0.1) is 5.92 Å². The lowest BCUT2D eigenvalue weighted by Gasteiger charge is -2.40. The van der Waals surface area contributed by atoms with Gasteiger partial charge in [0.05, 0.1) is 6.10 Å². The summed E-state index contributed by atoms with van der Waals surface area (Å²) < 4.78 is 26.3. The van der Waals surface area contributed by atoms with E-state index in [2.05, 4.69) is 0 Å². The third-order valence-corrected chi connectivity index (χ3v) is 5.03. The lowest BCUT2D eigenvalue weighted by Crippen LogP contribution is -2.50. The minimum atomic E-state index is -2.58. The Balaban J connectivity index is 1.65. The van der Waals surface area contributed by atoms with E-state index in [1.165, 1.54) is 0 Å². The summed E-state index contributed by atoms with van der Waals surface area (Å²) in [7, 11) is 0. The highest BCUT2D eigenvalue weighted by molar-refractivity contribution is 5.80. The Morgan fingerprint density at radius 3 is 2.11 bits per heavy atom. The summed E-state index contributed by atoms with van der Waals surface area (Å²) in [6.07, 6.45) is 3.24. The second-order valence-electron chi connectivity index (χ2n) is 6.39. The molecule has 0 spiro atoms. The quantitative estimate of drug-likeness (QED) is 0.796. The fraction of sp³-hybridized carbons (Fsp3) is 0.929. The highest BCUT2D eigenvalue weighted by Crippen LogP contribution is 2.41. The molecule has 108 valence electrons. The van der Waals surface area contributed by atoms with Crippen LogP contribution in [0.5, 0.6) is 0 Å². The lowest BCUT2D eigenvalue weighted by atomic mass is 9.85. The van der Waals surface area contributed by atoms with Gasteiger partial charge in [-0.3, -0.25) is 4.79 Å². The first-order chi connectivity index (χ1) is 8.96. The fourth-order valence-corrected chi connectivity index (χ4v) is 4.01. The van der Waals surface area contributed by atoms with Gasteiger partial charge in [-0.15, -0.1) is 0 Å². The molecule has 0 aromatic carbocycles. The molecule has 0 radical (unpaired) electrons. The minimum Gasteiger partial charge on any atom is -0.393 e. The SMILES string of the molecule is O=C(C1CCC(F)(F)CC1)N1C2CCC1CC(O)C2. The Kier molecular flexibility index (Phi) is 3.28. The van der Waals surface area contributed by atoms with E-state index in [-0.39, 0.29) is 42.9 Å². The number of rotatable bonds is 1. The number of fused-ring (bicyclic) bond motifs is 2. The standard InChI is InChI=1S/C14H21F2NO2/c15-14(16)5-3-9(4-6-14)13(19)17-10-1-2-11(17)8-12(18)7-10/h9-12,18H,1-8H2. The molecule has 3 fully saturated rings. The van der Waals surface area contributed by atoms with Crippen LogP contribution in [-0.4, -0.2) is 40.0 Å². The van der Waals surface area contributed by atoms with Crippen LogP contribution >= 0.6 is 0 Å². The van der Waals surface area contributed by atoms with Crippen LogP contribution in [0.15, 0.2) is 0 Å². The van der Waals surface area contributed by atoms with Crippen LogP contribution < -0.4 is 0 Å². The smallest absolute Gasteiger partial charge is 0.248 e. The number of amides is 1. The molecule has 1 amide bonds. The molecule has 5 heteroatoms. The summed E-state index contributed by atoms with van der Waals surface area (Å²) in [6, 6.07) is 0.285. The van der Waals surface area contributed by atoms with E-state index in [1.807, 2.05) is 4.90 Å². The highest BCUT2D eigenvalue weighted by Gasteiger charge is 2.46. The van der Waals surface area contributed by atoms with Gasteiger partial charge < -0.3 is 10.0 Å².